The summed E-state index contributed by atoms with van der Waals surface area (Å²) >= 11 is 0. The number of para-hydroxylation sites is 1. The van der Waals surface area contributed by atoms with Crippen LogP contribution in [0.25, 0.3) is 5.69 Å². The highest BCUT2D eigenvalue weighted by Gasteiger charge is 2.12. The number of aryl methyl sites for hydroxylation is 2. The maximum atomic E-state index is 5.41. The van der Waals surface area contributed by atoms with Gasteiger partial charge >= 0.3 is 0 Å². The van der Waals surface area contributed by atoms with E-state index < -0.39 is 0 Å². The van der Waals surface area contributed by atoms with Crippen molar-refractivity contribution >= 4 is 0 Å². The zero-order valence-corrected chi connectivity index (χ0v) is 13.4. The number of morpholine rings is 1. The molecule has 1 aliphatic heterocycles. The Morgan fingerprint density at radius 1 is 1.14 bits per heavy atom. The van der Waals surface area contributed by atoms with E-state index in [1.54, 1.807) is 0 Å². The number of hydrogen-bond acceptors (Lipinski definition) is 3. The highest BCUT2D eigenvalue weighted by atomic mass is 16.5. The molecule has 1 aromatic carbocycles. The van der Waals surface area contributed by atoms with Crippen molar-refractivity contribution in [2.75, 3.05) is 32.8 Å². The summed E-state index contributed by atoms with van der Waals surface area (Å²) in [4.78, 5) is 2.50. The molecule has 0 bridgehead atoms. The third kappa shape index (κ3) is 3.57. The van der Waals surface area contributed by atoms with Crippen molar-refractivity contribution < 1.29 is 4.74 Å². The van der Waals surface area contributed by atoms with E-state index in [1.807, 2.05) is 23.1 Å². The second-order valence-corrected chi connectivity index (χ2v) is 5.79. The second-order valence-electron chi connectivity index (χ2n) is 5.79. The maximum absolute atomic E-state index is 5.41. The smallest absolute Gasteiger partial charge is 0.0709 e. The zero-order chi connectivity index (χ0) is 15.2. The molecular weight excluding hydrogens is 274 g/mol. The molecular formula is C18H25N3O. The largest absolute Gasteiger partial charge is 0.379 e. The lowest BCUT2D eigenvalue weighted by Crippen LogP contribution is -2.37. The predicted molar refractivity (Wildman–Crippen MR) is 88.5 cm³/mol. The average Bonchev–Trinajstić information content (AvgIpc) is 3.09. The third-order valence-corrected chi connectivity index (χ3v) is 4.34. The number of rotatable bonds is 6. The molecule has 1 saturated heterocycles. The van der Waals surface area contributed by atoms with Crippen LogP contribution >= 0.6 is 0 Å². The quantitative estimate of drug-likeness (QED) is 0.821. The van der Waals surface area contributed by atoms with Gasteiger partial charge in [-0.15, -0.1) is 0 Å². The van der Waals surface area contributed by atoms with Crippen molar-refractivity contribution in [1.29, 1.82) is 0 Å². The molecule has 0 amide bonds. The van der Waals surface area contributed by atoms with Crippen molar-refractivity contribution in [3.8, 4) is 5.69 Å². The van der Waals surface area contributed by atoms with Gasteiger partial charge in [0.15, 0.2) is 0 Å². The maximum Gasteiger partial charge on any atom is 0.0709 e. The molecule has 0 radical (unpaired) electrons. The third-order valence-electron chi connectivity index (χ3n) is 4.34. The standard InChI is InChI=1S/C18H25N3O/c1-2-16-6-3-7-17(18(16)21-11-5-9-19-21)8-4-10-20-12-14-22-15-13-20/h3,5-7,9,11H,2,4,8,10,12-15H2,1H3. The lowest BCUT2D eigenvalue weighted by molar-refractivity contribution is 0.0374. The lowest BCUT2D eigenvalue weighted by atomic mass is 10.0. The van der Waals surface area contributed by atoms with Crippen molar-refractivity contribution in [2.24, 2.45) is 0 Å². The fourth-order valence-electron chi connectivity index (χ4n) is 3.14. The Hall–Kier alpha value is -1.65. The Bertz CT molecular complexity index is 574. The van der Waals surface area contributed by atoms with Crippen LogP contribution in [0.3, 0.4) is 0 Å². The van der Waals surface area contributed by atoms with Gasteiger partial charge in [0.05, 0.1) is 18.9 Å². The number of ether oxygens (including phenoxy) is 1. The van der Waals surface area contributed by atoms with Gasteiger partial charge in [-0.25, -0.2) is 4.68 Å². The van der Waals surface area contributed by atoms with Crippen LogP contribution in [0.5, 0.6) is 0 Å². The van der Waals surface area contributed by atoms with E-state index in [0.29, 0.717) is 0 Å². The Kier molecular flexibility index (Phi) is 5.24. The minimum atomic E-state index is 0.879. The average molecular weight is 299 g/mol. The fourth-order valence-corrected chi connectivity index (χ4v) is 3.14. The van der Waals surface area contributed by atoms with Crippen LogP contribution in [0.15, 0.2) is 36.7 Å². The lowest BCUT2D eigenvalue weighted by Gasteiger charge is -2.26. The number of hydrogen-bond donors (Lipinski definition) is 0. The topological polar surface area (TPSA) is 30.3 Å². The molecule has 0 saturated carbocycles. The van der Waals surface area contributed by atoms with Crippen LogP contribution in [0, 0.1) is 0 Å². The molecule has 22 heavy (non-hydrogen) atoms. The zero-order valence-electron chi connectivity index (χ0n) is 13.4. The molecule has 0 atom stereocenters. The Morgan fingerprint density at radius 3 is 2.68 bits per heavy atom. The molecule has 1 fully saturated rings. The minimum absolute atomic E-state index is 0.879. The van der Waals surface area contributed by atoms with Gasteiger partial charge in [-0.05, 0) is 43.0 Å². The molecule has 3 rings (SSSR count). The van der Waals surface area contributed by atoms with Crippen LogP contribution in [-0.4, -0.2) is 47.5 Å². The molecule has 1 aromatic heterocycles. The predicted octanol–water partition coefficient (Wildman–Crippen LogP) is 2.70. The fraction of sp³-hybridized carbons (Fsp3) is 0.500. The van der Waals surface area contributed by atoms with Gasteiger partial charge in [-0.3, -0.25) is 4.90 Å². The summed E-state index contributed by atoms with van der Waals surface area (Å²) in [6, 6.07) is 8.62. The first kappa shape index (κ1) is 15.3. The SMILES string of the molecule is CCc1cccc(CCCN2CCOCC2)c1-n1cccn1. The highest BCUT2D eigenvalue weighted by Crippen LogP contribution is 2.21. The van der Waals surface area contributed by atoms with Crippen molar-refractivity contribution in [1.82, 2.24) is 14.7 Å². The summed E-state index contributed by atoms with van der Waals surface area (Å²) in [7, 11) is 0. The van der Waals surface area contributed by atoms with Gasteiger partial charge in [0, 0.05) is 25.5 Å². The first-order chi connectivity index (χ1) is 10.9. The normalized spacial score (nSPS) is 16.0. The summed E-state index contributed by atoms with van der Waals surface area (Å²) < 4.78 is 7.43. The van der Waals surface area contributed by atoms with Crippen LogP contribution in [-0.2, 0) is 17.6 Å². The summed E-state index contributed by atoms with van der Waals surface area (Å²) in [5.74, 6) is 0. The van der Waals surface area contributed by atoms with E-state index >= 15 is 0 Å². The Morgan fingerprint density at radius 2 is 1.95 bits per heavy atom. The Balaban J connectivity index is 1.70. The van der Waals surface area contributed by atoms with Gasteiger partial charge in [0.1, 0.15) is 0 Å². The summed E-state index contributed by atoms with van der Waals surface area (Å²) in [6.07, 6.45) is 7.21. The van der Waals surface area contributed by atoms with E-state index in [0.717, 1.165) is 45.7 Å². The number of nitrogens with zero attached hydrogens (tertiary/aromatic N) is 3. The van der Waals surface area contributed by atoms with E-state index in [1.165, 1.54) is 23.2 Å². The molecule has 118 valence electrons. The molecule has 4 heteroatoms. The summed E-state index contributed by atoms with van der Waals surface area (Å²) in [6.45, 7) is 7.26. The van der Waals surface area contributed by atoms with E-state index in [4.69, 9.17) is 4.74 Å². The van der Waals surface area contributed by atoms with Crippen molar-refractivity contribution in [2.45, 2.75) is 26.2 Å². The molecule has 0 aliphatic carbocycles. The minimum Gasteiger partial charge on any atom is -0.379 e. The van der Waals surface area contributed by atoms with E-state index in [2.05, 4.69) is 35.1 Å². The van der Waals surface area contributed by atoms with Crippen LogP contribution < -0.4 is 0 Å². The van der Waals surface area contributed by atoms with E-state index in [-0.39, 0.29) is 0 Å². The molecule has 2 heterocycles. The molecule has 0 N–H and O–H groups in total. The highest BCUT2D eigenvalue weighted by molar-refractivity contribution is 5.47. The van der Waals surface area contributed by atoms with Gasteiger partial charge in [0.2, 0.25) is 0 Å². The second kappa shape index (κ2) is 7.56. The van der Waals surface area contributed by atoms with Gasteiger partial charge in [0.25, 0.3) is 0 Å². The summed E-state index contributed by atoms with van der Waals surface area (Å²) in [5.41, 5.74) is 4.04. The first-order valence-electron chi connectivity index (χ1n) is 8.29. The number of benzene rings is 1. The monoisotopic (exact) mass is 299 g/mol. The number of aromatic nitrogens is 2. The molecule has 2 aromatic rings. The van der Waals surface area contributed by atoms with Gasteiger partial charge in [-0.1, -0.05) is 25.1 Å². The molecule has 0 unspecified atom stereocenters. The molecule has 1 aliphatic rings. The van der Waals surface area contributed by atoms with Gasteiger partial charge < -0.3 is 4.74 Å². The van der Waals surface area contributed by atoms with Crippen molar-refractivity contribution in [3.63, 3.8) is 0 Å². The van der Waals surface area contributed by atoms with Crippen LogP contribution in [0.2, 0.25) is 0 Å². The van der Waals surface area contributed by atoms with E-state index in [9.17, 15) is 0 Å². The van der Waals surface area contributed by atoms with Gasteiger partial charge in [-0.2, -0.15) is 5.10 Å². The Labute approximate surface area is 132 Å². The van der Waals surface area contributed by atoms with Crippen LogP contribution in [0.1, 0.15) is 24.5 Å². The first-order valence-corrected chi connectivity index (χ1v) is 8.29. The van der Waals surface area contributed by atoms with Crippen LogP contribution in [0.4, 0.5) is 0 Å². The van der Waals surface area contributed by atoms with Crippen molar-refractivity contribution in [3.05, 3.63) is 47.8 Å². The molecule has 4 nitrogen and oxygen atoms in total. The molecule has 0 spiro atoms. The summed E-state index contributed by atoms with van der Waals surface area (Å²) in [5, 5.41) is 4.44.